The molecule has 0 aliphatic carbocycles. The monoisotopic (exact) mass is 553 g/mol. The second-order valence-corrected chi connectivity index (χ2v) is 8.63. The van der Waals surface area contributed by atoms with Crippen LogP contribution < -0.4 is 4.90 Å². The van der Waals surface area contributed by atoms with Crippen molar-refractivity contribution in [3.8, 4) is 0 Å². The molecule has 0 radical (unpaired) electrons. The molecule has 10 nitrogen and oxygen atoms in total. The highest BCUT2D eigenvalue weighted by molar-refractivity contribution is 6.00. The van der Waals surface area contributed by atoms with Crippen molar-refractivity contribution in [2.75, 3.05) is 24.5 Å². The number of pyridine rings is 1. The fourth-order valence-corrected chi connectivity index (χ4v) is 4.10. The van der Waals surface area contributed by atoms with Crippen molar-refractivity contribution >= 4 is 23.5 Å². The molecule has 38 heavy (non-hydrogen) atoms. The van der Waals surface area contributed by atoms with Crippen LogP contribution in [0.2, 0.25) is 0 Å². The summed E-state index contributed by atoms with van der Waals surface area (Å²) in [7, 11) is 1.89. The van der Waals surface area contributed by atoms with Gasteiger partial charge < -0.3 is 15.1 Å². The maximum absolute atomic E-state index is 13.1. The van der Waals surface area contributed by atoms with Crippen LogP contribution in [0.25, 0.3) is 0 Å². The molecule has 1 spiro atoms. The predicted molar refractivity (Wildman–Crippen MR) is 119 cm³/mol. The predicted octanol–water partition coefficient (Wildman–Crippen LogP) is 3.10. The standard InChI is InChI=1S/C18H23N5O.2C2HF3O2/c1-21-13-16(11-20-21)23-10-6-18(17(23)24)5-2-9-22(14-18)12-15-3-7-19-8-4-15;2*3-2(4,5)1(6)7/h3-4,7-8,11,13H,2,5-6,9-10,12,14H2,1H3;2*(H,6,7). The molecule has 0 bridgehead atoms. The first-order chi connectivity index (χ1) is 17.5. The number of carboxylic acid groups (broad SMARTS) is 2. The van der Waals surface area contributed by atoms with E-state index in [0.717, 1.165) is 51.1 Å². The highest BCUT2D eigenvalue weighted by Gasteiger charge is 2.49. The third kappa shape index (κ3) is 8.43. The number of amides is 1. The van der Waals surface area contributed by atoms with Crippen molar-refractivity contribution in [1.29, 1.82) is 0 Å². The Bertz CT molecular complexity index is 1080. The molecule has 16 heteroatoms. The lowest BCUT2D eigenvalue weighted by molar-refractivity contribution is -0.193. The molecule has 2 saturated heterocycles. The van der Waals surface area contributed by atoms with Gasteiger partial charge in [0, 0.05) is 45.3 Å². The summed E-state index contributed by atoms with van der Waals surface area (Å²) in [6.45, 7) is 3.60. The van der Waals surface area contributed by atoms with Crippen LogP contribution in [0.3, 0.4) is 0 Å². The largest absolute Gasteiger partial charge is 0.490 e. The summed E-state index contributed by atoms with van der Waals surface area (Å²) in [4.78, 5) is 39.4. The van der Waals surface area contributed by atoms with E-state index in [1.54, 1.807) is 10.9 Å². The Morgan fingerprint density at radius 3 is 2.03 bits per heavy atom. The van der Waals surface area contributed by atoms with Crippen LogP contribution in [0.15, 0.2) is 36.9 Å². The summed E-state index contributed by atoms with van der Waals surface area (Å²) in [6.07, 6.45) is 0.226. The van der Waals surface area contributed by atoms with Crippen molar-refractivity contribution in [2.45, 2.75) is 38.2 Å². The van der Waals surface area contributed by atoms with E-state index in [2.05, 4.69) is 27.1 Å². The van der Waals surface area contributed by atoms with Gasteiger partial charge in [-0.2, -0.15) is 31.4 Å². The molecule has 1 unspecified atom stereocenters. The van der Waals surface area contributed by atoms with Gasteiger partial charge in [0.1, 0.15) is 0 Å². The SMILES string of the molecule is Cn1cc(N2CCC3(CCCN(Cc4ccncc4)C3)C2=O)cn1.O=C(O)C(F)(F)F.O=C(O)C(F)(F)F. The van der Waals surface area contributed by atoms with Gasteiger partial charge >= 0.3 is 24.3 Å². The third-order valence-electron chi connectivity index (χ3n) is 5.81. The molecule has 0 aromatic carbocycles. The Hall–Kier alpha value is -3.69. The number of aliphatic carboxylic acids is 2. The Morgan fingerprint density at radius 2 is 1.55 bits per heavy atom. The molecule has 2 N–H and O–H groups in total. The lowest BCUT2D eigenvalue weighted by Gasteiger charge is -2.39. The summed E-state index contributed by atoms with van der Waals surface area (Å²) < 4.78 is 65.2. The highest BCUT2D eigenvalue weighted by atomic mass is 19.4. The van der Waals surface area contributed by atoms with E-state index in [9.17, 15) is 31.1 Å². The van der Waals surface area contributed by atoms with Crippen LogP contribution in [0.1, 0.15) is 24.8 Å². The van der Waals surface area contributed by atoms with E-state index in [4.69, 9.17) is 19.8 Å². The van der Waals surface area contributed by atoms with Gasteiger partial charge in [-0.05, 0) is 43.5 Å². The molecular formula is C22H25F6N5O5. The Morgan fingerprint density at radius 1 is 1.00 bits per heavy atom. The van der Waals surface area contributed by atoms with E-state index >= 15 is 0 Å². The number of carbonyl (C=O) groups excluding carboxylic acids is 1. The zero-order valence-corrected chi connectivity index (χ0v) is 20.0. The minimum absolute atomic E-state index is 0.221. The third-order valence-corrected chi connectivity index (χ3v) is 5.81. The molecule has 2 aromatic heterocycles. The number of aryl methyl sites for hydroxylation is 1. The number of rotatable bonds is 3. The number of aromatic nitrogens is 3. The van der Waals surface area contributed by atoms with Crippen LogP contribution in [0.4, 0.5) is 32.0 Å². The number of carbonyl (C=O) groups is 3. The van der Waals surface area contributed by atoms with Gasteiger partial charge in [-0.1, -0.05) is 0 Å². The Labute approximate surface area is 212 Å². The molecule has 2 aliphatic heterocycles. The fourth-order valence-electron chi connectivity index (χ4n) is 4.10. The number of nitrogens with zero attached hydrogens (tertiary/aromatic N) is 5. The topological polar surface area (TPSA) is 129 Å². The van der Waals surface area contributed by atoms with E-state index in [1.807, 2.05) is 30.5 Å². The summed E-state index contributed by atoms with van der Waals surface area (Å²) in [6, 6.07) is 4.11. The zero-order chi connectivity index (χ0) is 28.7. The normalized spacial score (nSPS) is 19.9. The molecule has 1 atom stereocenters. The first-order valence-electron chi connectivity index (χ1n) is 11.1. The first kappa shape index (κ1) is 30.5. The van der Waals surface area contributed by atoms with Crippen LogP contribution in [0.5, 0.6) is 0 Å². The number of halogens is 6. The van der Waals surface area contributed by atoms with Crippen molar-refractivity contribution in [3.05, 3.63) is 42.5 Å². The molecule has 2 aliphatic rings. The van der Waals surface area contributed by atoms with Gasteiger partial charge in [-0.15, -0.1) is 0 Å². The fraction of sp³-hybridized carbons (Fsp3) is 0.500. The zero-order valence-electron chi connectivity index (χ0n) is 20.0. The smallest absolute Gasteiger partial charge is 0.475 e. The maximum atomic E-state index is 13.1. The average Bonchev–Trinajstić information content (AvgIpc) is 3.37. The average molecular weight is 553 g/mol. The number of alkyl halides is 6. The number of hydrogen-bond donors (Lipinski definition) is 2. The second-order valence-electron chi connectivity index (χ2n) is 8.63. The van der Waals surface area contributed by atoms with Crippen molar-refractivity contribution < 1.29 is 50.9 Å². The van der Waals surface area contributed by atoms with E-state index in [0.29, 0.717) is 0 Å². The molecule has 1 amide bonds. The highest BCUT2D eigenvalue weighted by Crippen LogP contribution is 2.42. The molecule has 4 heterocycles. The second kappa shape index (κ2) is 12.2. The van der Waals surface area contributed by atoms with Crippen molar-refractivity contribution in [1.82, 2.24) is 19.7 Å². The molecule has 4 rings (SSSR count). The summed E-state index contributed by atoms with van der Waals surface area (Å²) in [5.74, 6) is -5.24. The van der Waals surface area contributed by atoms with E-state index in [-0.39, 0.29) is 11.3 Å². The van der Waals surface area contributed by atoms with Gasteiger partial charge in [0.25, 0.3) is 0 Å². The van der Waals surface area contributed by atoms with Gasteiger partial charge in [-0.25, -0.2) is 9.59 Å². The van der Waals surface area contributed by atoms with E-state index in [1.165, 1.54) is 5.56 Å². The maximum Gasteiger partial charge on any atom is 0.490 e. The van der Waals surface area contributed by atoms with Gasteiger partial charge in [-0.3, -0.25) is 19.4 Å². The minimum atomic E-state index is -5.08. The van der Waals surface area contributed by atoms with Crippen LogP contribution >= 0.6 is 0 Å². The number of hydrogen-bond acceptors (Lipinski definition) is 6. The summed E-state index contributed by atoms with van der Waals surface area (Å²) in [5, 5.41) is 18.5. The van der Waals surface area contributed by atoms with Gasteiger partial charge in [0.05, 0.1) is 17.3 Å². The lowest BCUT2D eigenvalue weighted by atomic mass is 9.78. The quantitative estimate of drug-likeness (QED) is 0.555. The molecule has 210 valence electrons. The van der Waals surface area contributed by atoms with E-state index < -0.39 is 24.3 Å². The van der Waals surface area contributed by atoms with Gasteiger partial charge in [0.15, 0.2) is 0 Å². The number of piperidine rings is 1. The lowest BCUT2D eigenvalue weighted by Crippen LogP contribution is -2.47. The molecule has 2 fully saturated rings. The molecule has 2 aromatic rings. The number of anilines is 1. The van der Waals surface area contributed by atoms with Gasteiger partial charge in [0.2, 0.25) is 5.91 Å². The number of carboxylic acids is 2. The Kier molecular flexibility index (Phi) is 9.83. The summed E-state index contributed by atoms with van der Waals surface area (Å²) in [5.41, 5.74) is 1.96. The minimum Gasteiger partial charge on any atom is -0.475 e. The van der Waals surface area contributed by atoms with Crippen LogP contribution in [0, 0.1) is 5.41 Å². The molecular weight excluding hydrogens is 528 g/mol. The van der Waals surface area contributed by atoms with Crippen molar-refractivity contribution in [3.63, 3.8) is 0 Å². The number of likely N-dealkylation sites (tertiary alicyclic amines) is 1. The van der Waals surface area contributed by atoms with Crippen molar-refractivity contribution in [2.24, 2.45) is 12.5 Å². The Balaban J connectivity index is 0.000000301. The van der Waals surface area contributed by atoms with Crippen LogP contribution in [-0.4, -0.2) is 79.7 Å². The van der Waals surface area contributed by atoms with Crippen LogP contribution in [-0.2, 0) is 28.0 Å². The first-order valence-corrected chi connectivity index (χ1v) is 11.1. The summed E-state index contributed by atoms with van der Waals surface area (Å²) >= 11 is 0. The molecule has 0 saturated carbocycles.